The Balaban J connectivity index is 1.77. The van der Waals surface area contributed by atoms with Gasteiger partial charge in [-0.1, -0.05) is 19.9 Å². The molecule has 174 valence electrons. The molecule has 34 heavy (non-hydrogen) atoms. The minimum atomic E-state index is -0.762. The number of carbonyl (C=O) groups is 2. The van der Waals surface area contributed by atoms with Crippen molar-refractivity contribution in [2.24, 2.45) is 5.92 Å². The number of hydrogen-bond acceptors (Lipinski definition) is 6. The van der Waals surface area contributed by atoms with Gasteiger partial charge in [0.2, 0.25) is 0 Å². The van der Waals surface area contributed by atoms with Gasteiger partial charge in [0, 0.05) is 24.2 Å². The fourth-order valence-corrected chi connectivity index (χ4v) is 3.97. The predicted octanol–water partition coefficient (Wildman–Crippen LogP) is 4.44. The van der Waals surface area contributed by atoms with Crippen LogP contribution in [0.4, 0.5) is 0 Å². The number of Topliss-reactive ketones (excluding diaryl/α,β-unsaturated/α-hetero) is 1. The fourth-order valence-electron chi connectivity index (χ4n) is 3.97. The SMILES string of the molecule is Cc1cc(/C(O)=C2/C(=O)C(=O)N(Cc3ccccn3)C2c2ccncc2)ccc1OCC(C)C. The molecule has 1 aromatic carbocycles. The molecule has 0 saturated carbocycles. The van der Waals surface area contributed by atoms with Crippen molar-refractivity contribution in [1.82, 2.24) is 14.9 Å². The summed E-state index contributed by atoms with van der Waals surface area (Å²) in [5.41, 5.74) is 2.64. The summed E-state index contributed by atoms with van der Waals surface area (Å²) in [6, 6.07) is 13.4. The molecule has 0 spiro atoms. The molecule has 3 heterocycles. The van der Waals surface area contributed by atoms with E-state index < -0.39 is 17.7 Å². The monoisotopic (exact) mass is 457 g/mol. The van der Waals surface area contributed by atoms with Gasteiger partial charge in [0.15, 0.2) is 0 Å². The van der Waals surface area contributed by atoms with Gasteiger partial charge in [0.05, 0.1) is 30.5 Å². The summed E-state index contributed by atoms with van der Waals surface area (Å²) in [5, 5.41) is 11.3. The number of aromatic nitrogens is 2. The van der Waals surface area contributed by atoms with Crippen LogP contribution in [0.2, 0.25) is 0 Å². The van der Waals surface area contributed by atoms with Crippen molar-refractivity contribution >= 4 is 17.4 Å². The molecule has 1 N–H and O–H groups in total. The molecule has 1 unspecified atom stereocenters. The maximum absolute atomic E-state index is 13.2. The van der Waals surface area contributed by atoms with Gasteiger partial charge < -0.3 is 14.7 Å². The third kappa shape index (κ3) is 4.69. The smallest absolute Gasteiger partial charge is 0.296 e. The van der Waals surface area contributed by atoms with E-state index in [0.29, 0.717) is 35.1 Å². The number of aryl methyl sites for hydroxylation is 1. The van der Waals surface area contributed by atoms with Crippen LogP contribution in [0.15, 0.2) is 72.7 Å². The Bertz CT molecular complexity index is 1220. The quantitative estimate of drug-likeness (QED) is 0.320. The average Bonchev–Trinajstić information content (AvgIpc) is 3.09. The highest BCUT2D eigenvalue weighted by Gasteiger charge is 2.46. The summed E-state index contributed by atoms with van der Waals surface area (Å²) in [4.78, 5) is 36.0. The number of likely N-dealkylation sites (tertiary alicyclic amines) is 1. The minimum absolute atomic E-state index is 0.0439. The number of rotatable bonds is 7. The predicted molar refractivity (Wildman–Crippen MR) is 128 cm³/mol. The van der Waals surface area contributed by atoms with Crippen LogP contribution >= 0.6 is 0 Å². The summed E-state index contributed by atoms with van der Waals surface area (Å²) < 4.78 is 5.83. The Morgan fingerprint density at radius 3 is 2.50 bits per heavy atom. The molecular formula is C27H27N3O4. The lowest BCUT2D eigenvalue weighted by atomic mass is 9.95. The van der Waals surface area contributed by atoms with Gasteiger partial charge in [0.1, 0.15) is 11.5 Å². The zero-order valence-electron chi connectivity index (χ0n) is 19.4. The van der Waals surface area contributed by atoms with E-state index in [4.69, 9.17) is 4.74 Å². The third-order valence-electron chi connectivity index (χ3n) is 5.64. The molecule has 1 atom stereocenters. The first-order valence-electron chi connectivity index (χ1n) is 11.2. The fraction of sp³-hybridized carbons (Fsp3) is 0.259. The van der Waals surface area contributed by atoms with Crippen LogP contribution in [0.3, 0.4) is 0 Å². The van der Waals surface area contributed by atoms with E-state index >= 15 is 0 Å². The van der Waals surface area contributed by atoms with E-state index in [9.17, 15) is 14.7 Å². The molecule has 1 aliphatic rings. The molecule has 1 fully saturated rings. The van der Waals surface area contributed by atoms with Gasteiger partial charge in [-0.15, -0.1) is 0 Å². The van der Waals surface area contributed by atoms with Crippen LogP contribution in [0.1, 0.15) is 42.3 Å². The molecule has 4 rings (SSSR count). The molecule has 2 aromatic heterocycles. The van der Waals surface area contributed by atoms with Gasteiger partial charge in [-0.2, -0.15) is 0 Å². The van der Waals surface area contributed by atoms with E-state index in [1.54, 1.807) is 61.1 Å². The number of benzene rings is 1. The molecule has 0 aliphatic carbocycles. The number of aliphatic hydroxyl groups is 1. The number of carbonyl (C=O) groups excluding carboxylic acids is 2. The summed E-state index contributed by atoms with van der Waals surface area (Å²) in [6.07, 6.45) is 4.83. The third-order valence-corrected chi connectivity index (χ3v) is 5.64. The Morgan fingerprint density at radius 2 is 1.85 bits per heavy atom. The maximum Gasteiger partial charge on any atom is 0.296 e. The first-order chi connectivity index (χ1) is 16.4. The number of nitrogens with zero attached hydrogens (tertiary/aromatic N) is 3. The van der Waals surface area contributed by atoms with E-state index in [1.807, 2.05) is 13.0 Å². The summed E-state index contributed by atoms with van der Waals surface area (Å²) in [5.74, 6) is -0.535. The largest absolute Gasteiger partial charge is 0.507 e. The van der Waals surface area contributed by atoms with Crippen LogP contribution in [0, 0.1) is 12.8 Å². The molecule has 1 saturated heterocycles. The van der Waals surface area contributed by atoms with E-state index in [0.717, 1.165) is 5.56 Å². The van der Waals surface area contributed by atoms with Crippen molar-refractivity contribution in [3.8, 4) is 5.75 Å². The minimum Gasteiger partial charge on any atom is -0.507 e. The van der Waals surface area contributed by atoms with E-state index in [1.165, 1.54) is 4.90 Å². The van der Waals surface area contributed by atoms with Crippen LogP contribution in [-0.4, -0.2) is 38.3 Å². The lowest BCUT2D eigenvalue weighted by molar-refractivity contribution is -0.140. The maximum atomic E-state index is 13.2. The van der Waals surface area contributed by atoms with Crippen molar-refractivity contribution < 1.29 is 19.4 Å². The van der Waals surface area contributed by atoms with Crippen molar-refractivity contribution in [2.75, 3.05) is 6.61 Å². The highest BCUT2D eigenvalue weighted by molar-refractivity contribution is 6.46. The molecule has 7 nitrogen and oxygen atoms in total. The van der Waals surface area contributed by atoms with Crippen molar-refractivity contribution in [1.29, 1.82) is 0 Å². The van der Waals surface area contributed by atoms with Gasteiger partial charge in [-0.3, -0.25) is 19.6 Å². The summed E-state index contributed by atoms with van der Waals surface area (Å²) in [7, 11) is 0. The van der Waals surface area contributed by atoms with Gasteiger partial charge in [-0.25, -0.2) is 0 Å². The highest BCUT2D eigenvalue weighted by Crippen LogP contribution is 2.40. The van der Waals surface area contributed by atoms with Crippen LogP contribution in [0.25, 0.3) is 5.76 Å². The number of aliphatic hydroxyl groups excluding tert-OH is 1. The number of ketones is 1. The number of ether oxygens (including phenoxy) is 1. The van der Waals surface area contributed by atoms with Gasteiger partial charge >= 0.3 is 0 Å². The van der Waals surface area contributed by atoms with Crippen molar-refractivity contribution in [2.45, 2.75) is 33.4 Å². The van der Waals surface area contributed by atoms with Crippen LogP contribution < -0.4 is 4.74 Å². The Labute approximate surface area is 198 Å². The average molecular weight is 458 g/mol. The second-order valence-corrected chi connectivity index (χ2v) is 8.71. The highest BCUT2D eigenvalue weighted by atomic mass is 16.5. The zero-order chi connectivity index (χ0) is 24.2. The number of pyridine rings is 2. The zero-order valence-corrected chi connectivity index (χ0v) is 19.4. The first-order valence-corrected chi connectivity index (χ1v) is 11.2. The molecule has 0 bridgehead atoms. The first kappa shape index (κ1) is 23.2. The molecule has 1 aliphatic heterocycles. The van der Waals surface area contributed by atoms with E-state index in [-0.39, 0.29) is 17.9 Å². The molecular weight excluding hydrogens is 430 g/mol. The number of amides is 1. The number of hydrogen-bond donors (Lipinski definition) is 1. The van der Waals surface area contributed by atoms with Gasteiger partial charge in [0.25, 0.3) is 11.7 Å². The normalized spacial score (nSPS) is 17.4. The van der Waals surface area contributed by atoms with E-state index in [2.05, 4.69) is 23.8 Å². The molecule has 7 heteroatoms. The molecule has 1 amide bonds. The molecule has 3 aromatic rings. The standard InChI is InChI=1S/C27H27N3O4/c1-17(2)16-34-22-8-7-20(14-18(22)3)25(31)23-24(19-9-12-28-13-10-19)30(27(33)26(23)32)15-21-6-4-5-11-29-21/h4-14,17,24,31H,15-16H2,1-3H3/b25-23-. The summed E-state index contributed by atoms with van der Waals surface area (Å²) >= 11 is 0. The lowest BCUT2D eigenvalue weighted by Gasteiger charge is -2.25. The second kappa shape index (κ2) is 9.87. The van der Waals surface area contributed by atoms with Crippen molar-refractivity contribution in [3.63, 3.8) is 0 Å². The lowest BCUT2D eigenvalue weighted by Crippen LogP contribution is -2.29. The van der Waals surface area contributed by atoms with Crippen molar-refractivity contribution in [3.05, 3.63) is 95.1 Å². The van der Waals surface area contributed by atoms with Crippen LogP contribution in [0.5, 0.6) is 5.75 Å². The molecule has 0 radical (unpaired) electrons. The Morgan fingerprint density at radius 1 is 1.09 bits per heavy atom. The van der Waals surface area contributed by atoms with Crippen LogP contribution in [-0.2, 0) is 16.1 Å². The summed E-state index contributed by atoms with van der Waals surface area (Å²) in [6.45, 7) is 6.73. The Kier molecular flexibility index (Phi) is 6.72. The second-order valence-electron chi connectivity index (χ2n) is 8.71. The van der Waals surface area contributed by atoms with Gasteiger partial charge in [-0.05, 0) is 66.4 Å². The topological polar surface area (TPSA) is 92.6 Å². The Hall–Kier alpha value is -4.00.